The third-order valence-corrected chi connectivity index (χ3v) is 6.59. The minimum atomic E-state index is -0.0323. The van der Waals surface area contributed by atoms with E-state index in [0.717, 1.165) is 55.7 Å². The van der Waals surface area contributed by atoms with Crippen LogP contribution >= 0.6 is 0 Å². The predicted molar refractivity (Wildman–Crippen MR) is 141 cm³/mol. The minimum Gasteiger partial charge on any atom is -0.869 e. The first-order valence-corrected chi connectivity index (χ1v) is 11.8. The molecule has 4 aromatic carbocycles. The predicted octanol–water partition coefficient (Wildman–Crippen LogP) is 2.95. The van der Waals surface area contributed by atoms with Crippen LogP contribution in [0, 0.1) is 0 Å². The van der Waals surface area contributed by atoms with Crippen molar-refractivity contribution in [1.29, 1.82) is 0 Å². The van der Waals surface area contributed by atoms with Crippen molar-refractivity contribution in [2.75, 3.05) is 0 Å². The maximum absolute atomic E-state index is 12.7. The fourth-order valence-electron chi connectivity index (χ4n) is 4.88. The van der Waals surface area contributed by atoms with Gasteiger partial charge in [-0.2, -0.15) is 4.57 Å². The SMILES string of the molecule is [Cs+].[O-]c1cccc2c1[nH+]c(-c1ccccc1)n2-c1cccc(-c2ccc3ccc4cccnc4c3n2)c1. The zero-order valence-electron chi connectivity index (χ0n) is 20.2. The van der Waals surface area contributed by atoms with E-state index in [9.17, 15) is 5.11 Å². The Morgan fingerprint density at radius 3 is 2.30 bits per heavy atom. The van der Waals surface area contributed by atoms with Crippen LogP contribution in [0.4, 0.5) is 0 Å². The van der Waals surface area contributed by atoms with Crippen LogP contribution in [0.1, 0.15) is 0 Å². The molecule has 0 fully saturated rings. The van der Waals surface area contributed by atoms with E-state index in [2.05, 4.69) is 57.0 Å². The van der Waals surface area contributed by atoms with Gasteiger partial charge in [-0.1, -0.05) is 72.5 Å². The quantitative estimate of drug-likeness (QED) is 0.295. The molecule has 0 radical (unpaired) electrons. The molecule has 6 heteroatoms. The number of aromatic nitrogens is 4. The summed E-state index contributed by atoms with van der Waals surface area (Å²) >= 11 is 0. The van der Waals surface area contributed by atoms with E-state index in [1.807, 2.05) is 54.6 Å². The third-order valence-electron chi connectivity index (χ3n) is 6.59. The summed E-state index contributed by atoms with van der Waals surface area (Å²) in [6.07, 6.45) is 1.81. The molecule has 0 atom stereocenters. The normalized spacial score (nSPS) is 11.1. The molecule has 0 unspecified atom stereocenters. The van der Waals surface area contributed by atoms with Gasteiger partial charge in [-0.3, -0.25) is 4.98 Å². The van der Waals surface area contributed by atoms with E-state index < -0.39 is 0 Å². The zero-order valence-corrected chi connectivity index (χ0v) is 26.5. The van der Waals surface area contributed by atoms with Gasteiger partial charge in [-0.05, 0) is 42.5 Å². The van der Waals surface area contributed by atoms with Crippen LogP contribution in [0.3, 0.4) is 0 Å². The van der Waals surface area contributed by atoms with Crippen molar-refractivity contribution >= 4 is 32.8 Å². The number of nitrogens with one attached hydrogen (secondary N) is 1. The van der Waals surface area contributed by atoms with Gasteiger partial charge in [-0.15, -0.1) is 0 Å². The molecule has 7 rings (SSSR count). The number of fused-ring (bicyclic) bond motifs is 4. The van der Waals surface area contributed by atoms with Crippen molar-refractivity contribution in [1.82, 2.24) is 14.5 Å². The van der Waals surface area contributed by atoms with E-state index in [1.54, 1.807) is 18.3 Å². The second-order valence-corrected chi connectivity index (χ2v) is 8.78. The maximum atomic E-state index is 12.7. The van der Waals surface area contributed by atoms with Crippen molar-refractivity contribution in [3.8, 4) is 34.1 Å². The summed E-state index contributed by atoms with van der Waals surface area (Å²) < 4.78 is 2.10. The Labute approximate surface area is 272 Å². The Hall–Kier alpha value is -2.98. The molecule has 1 N–H and O–H groups in total. The largest absolute Gasteiger partial charge is 1.00 e. The van der Waals surface area contributed by atoms with Gasteiger partial charge in [0.05, 0.1) is 22.3 Å². The van der Waals surface area contributed by atoms with E-state index in [4.69, 9.17) is 4.98 Å². The first-order valence-electron chi connectivity index (χ1n) is 11.8. The zero-order chi connectivity index (χ0) is 24.1. The summed E-state index contributed by atoms with van der Waals surface area (Å²) in [5, 5.41) is 14.8. The van der Waals surface area contributed by atoms with Gasteiger partial charge < -0.3 is 5.11 Å². The second kappa shape index (κ2) is 10.1. The number of H-pyrrole nitrogens is 1. The molecule has 0 aliphatic carbocycles. The minimum absolute atomic E-state index is 0. The maximum Gasteiger partial charge on any atom is 1.00 e. The number of rotatable bonds is 3. The van der Waals surface area contributed by atoms with Crippen molar-refractivity contribution in [3.63, 3.8) is 0 Å². The summed E-state index contributed by atoms with van der Waals surface area (Å²) in [6, 6.07) is 36.0. The molecule has 3 aromatic heterocycles. The third kappa shape index (κ3) is 4.29. The van der Waals surface area contributed by atoms with Crippen LogP contribution in [0.25, 0.3) is 61.2 Å². The average Bonchev–Trinajstić information content (AvgIpc) is 3.34. The summed E-state index contributed by atoms with van der Waals surface area (Å²) in [6.45, 7) is 0. The van der Waals surface area contributed by atoms with Crippen LogP contribution in [0.2, 0.25) is 0 Å². The van der Waals surface area contributed by atoms with Crippen LogP contribution in [-0.4, -0.2) is 14.5 Å². The molecule has 3 heterocycles. The van der Waals surface area contributed by atoms with Crippen LogP contribution < -0.4 is 79.0 Å². The second-order valence-electron chi connectivity index (χ2n) is 8.78. The number of para-hydroxylation sites is 1. The first kappa shape index (κ1) is 24.4. The summed E-state index contributed by atoms with van der Waals surface area (Å²) in [5.74, 6) is 0.822. The number of hydrogen-bond acceptors (Lipinski definition) is 3. The van der Waals surface area contributed by atoms with E-state index in [-0.39, 0.29) is 74.6 Å². The number of nitrogens with zero attached hydrogens (tertiary/aromatic N) is 3. The van der Waals surface area contributed by atoms with Gasteiger partial charge in [0.2, 0.25) is 0 Å². The monoisotopic (exact) mass is 597 g/mol. The number of pyridine rings is 2. The Morgan fingerprint density at radius 1 is 0.676 bits per heavy atom. The topological polar surface area (TPSA) is 67.9 Å². The van der Waals surface area contributed by atoms with Gasteiger partial charge in [0.25, 0.3) is 5.82 Å². The molecule has 0 saturated carbocycles. The average molecular weight is 597 g/mol. The molecule has 5 nitrogen and oxygen atoms in total. The molecule has 0 spiro atoms. The van der Waals surface area contributed by atoms with E-state index in [0.29, 0.717) is 5.52 Å². The molecule has 0 aliphatic rings. The number of imidazole rings is 1. The van der Waals surface area contributed by atoms with Crippen LogP contribution in [-0.2, 0) is 0 Å². The van der Waals surface area contributed by atoms with Crippen molar-refractivity contribution < 1.29 is 79.0 Å². The van der Waals surface area contributed by atoms with Gasteiger partial charge in [-0.25, -0.2) is 9.97 Å². The Balaban J connectivity index is 0.00000252. The molecule has 170 valence electrons. The molecular formula is C31H20CsN4O+. The number of hydrogen-bond donors (Lipinski definition) is 0. The van der Waals surface area contributed by atoms with E-state index in [1.165, 1.54) is 0 Å². The van der Waals surface area contributed by atoms with Crippen LogP contribution in [0.15, 0.2) is 115 Å². The molecule has 7 aromatic rings. The molecule has 0 amide bonds. The Bertz CT molecular complexity index is 1910. The van der Waals surface area contributed by atoms with E-state index >= 15 is 0 Å². The molecule has 37 heavy (non-hydrogen) atoms. The molecular weight excluding hydrogens is 577 g/mol. The van der Waals surface area contributed by atoms with Gasteiger partial charge >= 0.3 is 68.9 Å². The smallest absolute Gasteiger partial charge is 0.869 e. The fourth-order valence-corrected chi connectivity index (χ4v) is 4.88. The Morgan fingerprint density at radius 2 is 1.43 bits per heavy atom. The summed E-state index contributed by atoms with van der Waals surface area (Å²) in [4.78, 5) is 13.0. The van der Waals surface area contributed by atoms with Gasteiger partial charge in [0.1, 0.15) is 5.69 Å². The summed E-state index contributed by atoms with van der Waals surface area (Å²) in [5.41, 5.74) is 7.00. The van der Waals surface area contributed by atoms with Gasteiger partial charge in [0.15, 0.2) is 11.0 Å². The van der Waals surface area contributed by atoms with Gasteiger partial charge in [0, 0.05) is 22.5 Å². The number of benzene rings is 4. The fraction of sp³-hybridized carbons (Fsp3) is 0. The Kier molecular flexibility index (Phi) is 6.62. The van der Waals surface area contributed by atoms with Crippen LogP contribution in [0.5, 0.6) is 5.75 Å². The standard InChI is InChI=1S/C31H20N4O.Cs/c36-27-13-5-12-26-30(27)34-31(22-7-2-1-3-8-22)35(26)24-11-4-9-23(19-24)25-17-16-21-15-14-20-10-6-18-32-28(20)29(21)33-25;/h1-19,36H;/q;+1. The van der Waals surface area contributed by atoms with Crippen molar-refractivity contribution in [2.45, 2.75) is 0 Å². The summed E-state index contributed by atoms with van der Waals surface area (Å²) in [7, 11) is 0. The van der Waals surface area contributed by atoms with Crippen molar-refractivity contribution in [3.05, 3.63) is 115 Å². The molecule has 0 saturated heterocycles. The molecule has 0 aliphatic heterocycles. The number of aromatic amines is 1. The first-order chi connectivity index (χ1) is 17.8. The molecule has 0 bridgehead atoms. The van der Waals surface area contributed by atoms with Crippen molar-refractivity contribution in [2.24, 2.45) is 0 Å².